The third-order valence-corrected chi connectivity index (χ3v) is 5.58. The predicted molar refractivity (Wildman–Crippen MR) is 108 cm³/mol. The second-order valence-corrected chi connectivity index (χ2v) is 7.39. The summed E-state index contributed by atoms with van der Waals surface area (Å²) in [6.07, 6.45) is 2.77. The molecule has 1 unspecified atom stereocenters. The van der Waals surface area contributed by atoms with Crippen molar-refractivity contribution in [3.05, 3.63) is 35.2 Å². The Balaban J connectivity index is 1.57. The predicted octanol–water partition coefficient (Wildman–Crippen LogP) is 2.76. The molecule has 2 N–H and O–H groups in total. The van der Waals surface area contributed by atoms with Crippen LogP contribution in [0.4, 0.5) is 0 Å². The Labute approximate surface area is 161 Å². The van der Waals surface area contributed by atoms with E-state index in [-0.39, 0.29) is 11.9 Å². The number of nitrogens with one attached hydrogen (secondary N) is 2. The molecule has 8 heteroatoms. The minimum Gasteiger partial charge on any atom is -0.494 e. The molecule has 0 spiro atoms. The van der Waals surface area contributed by atoms with Gasteiger partial charge < -0.3 is 15.0 Å². The average Bonchev–Trinajstić information content (AvgIpc) is 3.41. The number of carbonyl (C=O) groups is 1. The lowest BCUT2D eigenvalue weighted by atomic mass is 10.1. The van der Waals surface area contributed by atoms with E-state index >= 15 is 0 Å². The fourth-order valence-corrected chi connectivity index (χ4v) is 3.86. The first-order valence-electron chi connectivity index (χ1n) is 8.76. The van der Waals surface area contributed by atoms with Crippen LogP contribution in [0.25, 0.3) is 21.7 Å². The van der Waals surface area contributed by atoms with E-state index in [0.29, 0.717) is 23.4 Å². The number of hydrogen-bond acceptors (Lipinski definition) is 6. The summed E-state index contributed by atoms with van der Waals surface area (Å²) in [6, 6.07) is 7.80. The highest BCUT2D eigenvalue weighted by atomic mass is 32.1. The lowest BCUT2D eigenvalue weighted by Gasteiger charge is -2.17. The molecule has 0 saturated heterocycles. The van der Waals surface area contributed by atoms with Gasteiger partial charge in [0.1, 0.15) is 22.6 Å². The smallest absolute Gasteiger partial charge is 0.253 e. The van der Waals surface area contributed by atoms with Gasteiger partial charge in [0.2, 0.25) is 0 Å². The van der Waals surface area contributed by atoms with Gasteiger partial charge in [-0.05, 0) is 37.0 Å². The molecule has 1 aliphatic rings. The van der Waals surface area contributed by atoms with E-state index in [1.54, 1.807) is 30.6 Å². The summed E-state index contributed by atoms with van der Waals surface area (Å²) in [4.78, 5) is 28.1. The Morgan fingerprint density at radius 1 is 1.44 bits per heavy atom. The van der Waals surface area contributed by atoms with Crippen LogP contribution in [-0.2, 0) is 0 Å². The molecule has 27 heavy (non-hydrogen) atoms. The Morgan fingerprint density at radius 2 is 2.33 bits per heavy atom. The molecule has 3 heterocycles. The minimum absolute atomic E-state index is 0.135. The van der Waals surface area contributed by atoms with Crippen molar-refractivity contribution in [2.75, 3.05) is 27.4 Å². The zero-order valence-electron chi connectivity index (χ0n) is 15.2. The normalized spacial score (nSPS) is 16.9. The number of aromatic amines is 1. The van der Waals surface area contributed by atoms with Crippen LogP contribution in [-0.4, -0.2) is 60.4 Å². The molecular weight excluding hydrogens is 362 g/mol. The topological polar surface area (TPSA) is 82.6 Å². The summed E-state index contributed by atoms with van der Waals surface area (Å²) < 4.78 is 5.43. The number of hydrogen-bond donors (Lipinski definition) is 2. The van der Waals surface area contributed by atoms with Crippen LogP contribution in [0.1, 0.15) is 16.8 Å². The molecule has 0 fully saturated rings. The summed E-state index contributed by atoms with van der Waals surface area (Å²) in [5.41, 5.74) is 1.89. The highest BCUT2D eigenvalue weighted by Gasteiger charge is 2.20. The van der Waals surface area contributed by atoms with Crippen molar-refractivity contribution in [2.45, 2.75) is 12.5 Å². The van der Waals surface area contributed by atoms with E-state index in [9.17, 15) is 4.79 Å². The van der Waals surface area contributed by atoms with Gasteiger partial charge >= 0.3 is 0 Å². The molecule has 1 aliphatic heterocycles. The van der Waals surface area contributed by atoms with E-state index < -0.39 is 0 Å². The number of fused-ring (bicyclic) bond motifs is 1. The maximum Gasteiger partial charge on any atom is 0.253 e. The third-order valence-electron chi connectivity index (χ3n) is 4.70. The largest absolute Gasteiger partial charge is 0.494 e. The molecule has 1 amide bonds. The van der Waals surface area contributed by atoms with Gasteiger partial charge in [-0.2, -0.15) is 0 Å². The number of benzene rings is 1. The summed E-state index contributed by atoms with van der Waals surface area (Å²) in [5.74, 6) is 1.27. The first-order valence-corrected chi connectivity index (χ1v) is 9.64. The first kappa shape index (κ1) is 17.7. The fourth-order valence-electron chi connectivity index (χ4n) is 3.19. The Bertz CT molecular complexity index is 980. The summed E-state index contributed by atoms with van der Waals surface area (Å²) in [5, 5.41) is 5.00. The molecule has 0 aliphatic carbocycles. The number of aromatic nitrogens is 2. The Kier molecular flexibility index (Phi) is 4.91. The zero-order valence-corrected chi connectivity index (χ0v) is 16.0. The number of H-pyrrole nitrogens is 1. The van der Waals surface area contributed by atoms with Crippen molar-refractivity contribution in [1.29, 1.82) is 0 Å². The van der Waals surface area contributed by atoms with Gasteiger partial charge in [0.15, 0.2) is 0 Å². The van der Waals surface area contributed by atoms with Crippen molar-refractivity contribution in [3.63, 3.8) is 0 Å². The first-order chi connectivity index (χ1) is 13.2. The summed E-state index contributed by atoms with van der Waals surface area (Å²) >= 11 is 1.60. The molecule has 0 saturated carbocycles. The zero-order chi connectivity index (χ0) is 18.8. The van der Waals surface area contributed by atoms with Crippen LogP contribution < -0.4 is 10.1 Å². The fraction of sp³-hybridized carbons (Fsp3) is 0.316. The number of nitrogens with zero attached hydrogens (tertiary/aromatic N) is 3. The van der Waals surface area contributed by atoms with Crippen molar-refractivity contribution in [3.8, 4) is 16.5 Å². The lowest BCUT2D eigenvalue weighted by molar-refractivity contribution is 0.0953. The van der Waals surface area contributed by atoms with Gasteiger partial charge in [-0.15, -0.1) is 11.3 Å². The number of amides is 1. The van der Waals surface area contributed by atoms with Crippen LogP contribution in [0.5, 0.6) is 5.75 Å². The van der Waals surface area contributed by atoms with Gasteiger partial charge in [-0.3, -0.25) is 14.7 Å². The van der Waals surface area contributed by atoms with E-state index in [1.165, 1.54) is 0 Å². The third kappa shape index (κ3) is 3.45. The van der Waals surface area contributed by atoms with Crippen LogP contribution in [0.2, 0.25) is 0 Å². The highest BCUT2D eigenvalue weighted by molar-refractivity contribution is 7.13. The molecular formula is C19H21N5O2S. The van der Waals surface area contributed by atoms with Crippen molar-refractivity contribution in [2.24, 2.45) is 4.99 Å². The summed E-state index contributed by atoms with van der Waals surface area (Å²) in [6.45, 7) is 1.30. The molecule has 4 rings (SSSR count). The number of thiophene rings is 1. The molecule has 7 nitrogen and oxygen atoms in total. The molecule has 3 aromatic rings. The van der Waals surface area contributed by atoms with E-state index in [1.807, 2.05) is 30.8 Å². The molecule has 0 bridgehead atoms. The summed E-state index contributed by atoms with van der Waals surface area (Å²) in [7, 11) is 3.64. The van der Waals surface area contributed by atoms with Gasteiger partial charge in [0, 0.05) is 18.8 Å². The molecule has 140 valence electrons. The van der Waals surface area contributed by atoms with Gasteiger partial charge in [0.05, 0.1) is 24.2 Å². The lowest BCUT2D eigenvalue weighted by Crippen LogP contribution is -2.33. The Hall–Kier alpha value is -2.71. The number of aliphatic imine (C=N–C) groups is 1. The molecule has 1 atom stereocenters. The maximum atomic E-state index is 12.8. The second kappa shape index (κ2) is 7.50. The van der Waals surface area contributed by atoms with E-state index in [2.05, 4.69) is 25.2 Å². The average molecular weight is 383 g/mol. The molecule has 0 radical (unpaired) electrons. The van der Waals surface area contributed by atoms with Gasteiger partial charge in [-0.25, -0.2) is 4.98 Å². The van der Waals surface area contributed by atoms with Gasteiger partial charge in [-0.1, -0.05) is 6.07 Å². The van der Waals surface area contributed by atoms with Crippen molar-refractivity contribution in [1.82, 2.24) is 20.2 Å². The number of imidazole rings is 1. The van der Waals surface area contributed by atoms with Crippen LogP contribution in [0.15, 0.2) is 34.6 Å². The van der Waals surface area contributed by atoms with Crippen LogP contribution in [0, 0.1) is 0 Å². The molecule has 2 aromatic heterocycles. The van der Waals surface area contributed by atoms with Crippen LogP contribution >= 0.6 is 11.3 Å². The van der Waals surface area contributed by atoms with Crippen molar-refractivity contribution >= 4 is 34.5 Å². The number of methoxy groups -OCH3 is 1. The van der Waals surface area contributed by atoms with Crippen molar-refractivity contribution < 1.29 is 9.53 Å². The maximum absolute atomic E-state index is 12.8. The monoisotopic (exact) mass is 383 g/mol. The Morgan fingerprint density at radius 3 is 3.04 bits per heavy atom. The van der Waals surface area contributed by atoms with Gasteiger partial charge in [0.25, 0.3) is 5.91 Å². The quantitative estimate of drug-likeness (QED) is 0.686. The number of ether oxygens (including phenoxy) is 1. The number of carbonyl (C=O) groups excluding carboxylic acids is 1. The second-order valence-electron chi connectivity index (χ2n) is 6.44. The SMILES string of the molecule is COc1ccc(C(=O)NCCC2C=NCN2C)c2nc(-c3cccs3)[nH]c12. The standard InChI is InChI=1S/C19H21N5O2S/c1-24-11-20-10-12(24)7-8-21-19(25)13-5-6-14(26-2)17-16(13)22-18(23-17)15-4-3-9-27-15/h3-6,9-10,12H,7-8,11H2,1-2H3,(H,21,25)(H,22,23). The number of rotatable bonds is 6. The van der Waals surface area contributed by atoms with Crippen LogP contribution in [0.3, 0.4) is 0 Å². The van der Waals surface area contributed by atoms with E-state index in [0.717, 1.165) is 29.3 Å². The highest BCUT2D eigenvalue weighted by Crippen LogP contribution is 2.31. The minimum atomic E-state index is -0.135. The van der Waals surface area contributed by atoms with E-state index in [4.69, 9.17) is 4.74 Å². The molecule has 1 aromatic carbocycles.